The van der Waals surface area contributed by atoms with Crippen LogP contribution in [0.1, 0.15) is 21.5 Å². The molecule has 0 bridgehead atoms. The van der Waals surface area contributed by atoms with Gasteiger partial charge >= 0.3 is 0 Å². The third-order valence-electron chi connectivity index (χ3n) is 2.87. The summed E-state index contributed by atoms with van der Waals surface area (Å²) < 4.78 is 0. The molecule has 1 N–H and O–H groups in total. The van der Waals surface area contributed by atoms with Crippen molar-refractivity contribution in [2.75, 3.05) is 13.1 Å². The van der Waals surface area contributed by atoms with Crippen molar-refractivity contribution in [2.24, 2.45) is 0 Å². The van der Waals surface area contributed by atoms with Gasteiger partial charge in [-0.05, 0) is 23.6 Å². The molecule has 3 nitrogen and oxygen atoms in total. The van der Waals surface area contributed by atoms with Gasteiger partial charge in [0.2, 0.25) is 0 Å². The SMILES string of the molecule is C=CCN1CCc2cc(CO)ccc2C1=O. The lowest BCUT2D eigenvalue weighted by atomic mass is 9.97. The van der Waals surface area contributed by atoms with Crippen LogP contribution in [0.2, 0.25) is 0 Å². The van der Waals surface area contributed by atoms with Gasteiger partial charge in [-0.2, -0.15) is 0 Å². The molecule has 1 heterocycles. The molecule has 0 aromatic heterocycles. The molecule has 16 heavy (non-hydrogen) atoms. The Labute approximate surface area is 95.0 Å². The molecule has 1 amide bonds. The minimum atomic E-state index is 0.0256. The van der Waals surface area contributed by atoms with Crippen molar-refractivity contribution in [1.29, 1.82) is 0 Å². The molecular formula is C13H15NO2. The van der Waals surface area contributed by atoms with Crippen LogP contribution in [0.3, 0.4) is 0 Å². The predicted molar refractivity (Wildman–Crippen MR) is 62.2 cm³/mol. The number of fused-ring (bicyclic) bond motifs is 1. The average Bonchev–Trinajstić information content (AvgIpc) is 2.32. The molecule has 84 valence electrons. The fourth-order valence-electron chi connectivity index (χ4n) is 2.02. The number of carbonyl (C=O) groups is 1. The van der Waals surface area contributed by atoms with Gasteiger partial charge in [-0.1, -0.05) is 18.2 Å². The van der Waals surface area contributed by atoms with Crippen LogP contribution < -0.4 is 0 Å². The monoisotopic (exact) mass is 217 g/mol. The zero-order valence-corrected chi connectivity index (χ0v) is 9.15. The van der Waals surface area contributed by atoms with Crippen LogP contribution in [-0.4, -0.2) is 29.0 Å². The van der Waals surface area contributed by atoms with Gasteiger partial charge in [0.1, 0.15) is 0 Å². The molecule has 3 heteroatoms. The van der Waals surface area contributed by atoms with Crippen molar-refractivity contribution in [2.45, 2.75) is 13.0 Å². The van der Waals surface area contributed by atoms with Gasteiger partial charge in [0.15, 0.2) is 0 Å². The van der Waals surface area contributed by atoms with E-state index >= 15 is 0 Å². The Morgan fingerprint density at radius 3 is 3.00 bits per heavy atom. The van der Waals surface area contributed by atoms with E-state index in [-0.39, 0.29) is 12.5 Å². The Morgan fingerprint density at radius 1 is 1.50 bits per heavy atom. The van der Waals surface area contributed by atoms with Gasteiger partial charge in [-0.3, -0.25) is 4.79 Å². The Balaban J connectivity index is 2.31. The Morgan fingerprint density at radius 2 is 2.31 bits per heavy atom. The predicted octanol–water partition coefficient (Wildman–Crippen LogP) is 1.36. The fraction of sp³-hybridized carbons (Fsp3) is 0.308. The highest BCUT2D eigenvalue weighted by Gasteiger charge is 2.23. The van der Waals surface area contributed by atoms with Crippen LogP contribution in [0.5, 0.6) is 0 Å². The van der Waals surface area contributed by atoms with E-state index < -0.39 is 0 Å². The van der Waals surface area contributed by atoms with E-state index in [9.17, 15) is 4.79 Å². The Kier molecular flexibility index (Phi) is 3.06. The van der Waals surface area contributed by atoms with Crippen LogP contribution in [0.25, 0.3) is 0 Å². The summed E-state index contributed by atoms with van der Waals surface area (Å²) in [7, 11) is 0. The van der Waals surface area contributed by atoms with Crippen LogP contribution in [0.4, 0.5) is 0 Å². The summed E-state index contributed by atoms with van der Waals surface area (Å²) in [5.41, 5.74) is 2.66. The molecule has 0 atom stereocenters. The van der Waals surface area contributed by atoms with E-state index in [1.807, 2.05) is 6.07 Å². The maximum atomic E-state index is 12.0. The summed E-state index contributed by atoms with van der Waals surface area (Å²) in [6.45, 7) is 5.00. The molecule has 1 aliphatic heterocycles. The summed E-state index contributed by atoms with van der Waals surface area (Å²) in [4.78, 5) is 13.8. The highest BCUT2D eigenvalue weighted by Crippen LogP contribution is 2.20. The number of benzene rings is 1. The molecule has 1 aliphatic rings. The second kappa shape index (κ2) is 4.49. The van der Waals surface area contributed by atoms with E-state index in [1.54, 1.807) is 23.1 Å². The van der Waals surface area contributed by atoms with Crippen molar-refractivity contribution in [1.82, 2.24) is 4.90 Å². The standard InChI is InChI=1S/C13H15NO2/c1-2-6-14-7-5-11-8-10(9-15)3-4-12(11)13(14)16/h2-4,8,15H,1,5-7,9H2. The second-order valence-electron chi connectivity index (χ2n) is 3.94. The number of amides is 1. The van der Waals surface area contributed by atoms with E-state index in [2.05, 4.69) is 6.58 Å². The van der Waals surface area contributed by atoms with Gasteiger partial charge in [0.05, 0.1) is 6.61 Å². The molecule has 1 aromatic carbocycles. The van der Waals surface area contributed by atoms with Crippen molar-refractivity contribution >= 4 is 5.91 Å². The van der Waals surface area contributed by atoms with Gasteiger partial charge in [0.25, 0.3) is 5.91 Å². The first-order valence-electron chi connectivity index (χ1n) is 5.39. The summed E-state index contributed by atoms with van der Waals surface area (Å²) in [5.74, 6) is 0.0608. The van der Waals surface area contributed by atoms with Crippen LogP contribution in [0, 0.1) is 0 Å². The molecule has 0 aliphatic carbocycles. The van der Waals surface area contributed by atoms with Crippen molar-refractivity contribution in [3.8, 4) is 0 Å². The van der Waals surface area contributed by atoms with Gasteiger partial charge in [-0.25, -0.2) is 0 Å². The van der Waals surface area contributed by atoms with Gasteiger partial charge < -0.3 is 10.0 Å². The first-order chi connectivity index (χ1) is 7.76. The number of aliphatic hydroxyl groups is 1. The molecule has 0 spiro atoms. The highest BCUT2D eigenvalue weighted by molar-refractivity contribution is 5.96. The van der Waals surface area contributed by atoms with Gasteiger partial charge in [-0.15, -0.1) is 6.58 Å². The average molecular weight is 217 g/mol. The fourth-order valence-corrected chi connectivity index (χ4v) is 2.02. The number of rotatable bonds is 3. The quantitative estimate of drug-likeness (QED) is 0.777. The Bertz CT molecular complexity index is 426. The lowest BCUT2D eigenvalue weighted by Gasteiger charge is -2.27. The van der Waals surface area contributed by atoms with Crippen molar-refractivity contribution in [3.05, 3.63) is 47.5 Å². The summed E-state index contributed by atoms with van der Waals surface area (Å²) in [5, 5.41) is 9.03. The molecule has 0 saturated carbocycles. The number of aliphatic hydroxyl groups excluding tert-OH is 1. The summed E-state index contributed by atoms with van der Waals surface area (Å²) in [6.07, 6.45) is 2.59. The van der Waals surface area contributed by atoms with E-state index in [0.29, 0.717) is 6.54 Å². The molecule has 0 radical (unpaired) electrons. The zero-order chi connectivity index (χ0) is 11.5. The van der Waals surface area contributed by atoms with Crippen LogP contribution >= 0.6 is 0 Å². The number of carbonyl (C=O) groups excluding carboxylic acids is 1. The normalized spacial score (nSPS) is 14.8. The highest BCUT2D eigenvalue weighted by atomic mass is 16.3. The molecule has 1 aromatic rings. The smallest absolute Gasteiger partial charge is 0.254 e. The maximum Gasteiger partial charge on any atom is 0.254 e. The van der Waals surface area contributed by atoms with E-state index in [0.717, 1.165) is 29.7 Å². The summed E-state index contributed by atoms with van der Waals surface area (Å²) in [6, 6.07) is 5.52. The molecule has 2 rings (SSSR count). The lowest BCUT2D eigenvalue weighted by Crippen LogP contribution is -2.37. The summed E-state index contributed by atoms with van der Waals surface area (Å²) >= 11 is 0. The molecular weight excluding hydrogens is 202 g/mol. The topological polar surface area (TPSA) is 40.5 Å². The van der Waals surface area contributed by atoms with Crippen LogP contribution in [0.15, 0.2) is 30.9 Å². The number of hydrogen-bond donors (Lipinski definition) is 1. The van der Waals surface area contributed by atoms with Crippen molar-refractivity contribution < 1.29 is 9.90 Å². The third-order valence-corrected chi connectivity index (χ3v) is 2.87. The lowest BCUT2D eigenvalue weighted by molar-refractivity contribution is 0.0759. The minimum absolute atomic E-state index is 0.0256. The first-order valence-corrected chi connectivity index (χ1v) is 5.39. The Hall–Kier alpha value is -1.61. The second-order valence-corrected chi connectivity index (χ2v) is 3.94. The molecule has 0 saturated heterocycles. The minimum Gasteiger partial charge on any atom is -0.392 e. The third kappa shape index (κ3) is 1.86. The number of hydrogen-bond acceptors (Lipinski definition) is 2. The zero-order valence-electron chi connectivity index (χ0n) is 9.15. The maximum absolute atomic E-state index is 12.0. The first kappa shape index (κ1) is 10.9. The van der Waals surface area contributed by atoms with Crippen molar-refractivity contribution in [3.63, 3.8) is 0 Å². The largest absolute Gasteiger partial charge is 0.392 e. The molecule has 0 unspecified atom stereocenters. The van der Waals surface area contributed by atoms with Gasteiger partial charge in [0, 0.05) is 18.7 Å². The van der Waals surface area contributed by atoms with E-state index in [4.69, 9.17) is 5.11 Å². The van der Waals surface area contributed by atoms with E-state index in [1.165, 1.54) is 0 Å². The van der Waals surface area contributed by atoms with Crippen LogP contribution in [-0.2, 0) is 13.0 Å². The molecule has 0 fully saturated rings. The number of nitrogens with zero attached hydrogens (tertiary/aromatic N) is 1.